The van der Waals surface area contributed by atoms with Crippen molar-refractivity contribution in [2.24, 2.45) is 0 Å². The van der Waals surface area contributed by atoms with Crippen molar-refractivity contribution in [2.75, 3.05) is 10.6 Å². The van der Waals surface area contributed by atoms with Gasteiger partial charge in [0, 0.05) is 36.5 Å². The topological polar surface area (TPSA) is 66.9 Å². The molecular formula is C17H22N4O. The van der Waals surface area contributed by atoms with Gasteiger partial charge in [-0.05, 0) is 37.6 Å². The Balaban J connectivity index is 2.09. The van der Waals surface area contributed by atoms with Crippen LogP contribution < -0.4 is 10.6 Å². The molecule has 0 radical (unpaired) electrons. The molecule has 0 bridgehead atoms. The maximum absolute atomic E-state index is 11.0. The molecule has 0 aliphatic carbocycles. The minimum Gasteiger partial charge on any atom is -0.340 e. The normalized spacial score (nSPS) is 10.3. The summed E-state index contributed by atoms with van der Waals surface area (Å²) in [6.45, 7) is 5.63. The van der Waals surface area contributed by atoms with E-state index in [0.29, 0.717) is 0 Å². The van der Waals surface area contributed by atoms with E-state index in [4.69, 9.17) is 0 Å². The number of rotatable bonds is 6. The molecule has 1 aromatic carbocycles. The lowest BCUT2D eigenvalue weighted by Gasteiger charge is -2.09. The van der Waals surface area contributed by atoms with Crippen LogP contribution >= 0.6 is 0 Å². The zero-order valence-corrected chi connectivity index (χ0v) is 13.3. The van der Waals surface area contributed by atoms with Crippen molar-refractivity contribution < 1.29 is 4.79 Å². The maximum atomic E-state index is 11.0. The van der Waals surface area contributed by atoms with Crippen LogP contribution in [0.15, 0.2) is 30.3 Å². The van der Waals surface area contributed by atoms with Gasteiger partial charge in [0.15, 0.2) is 0 Å². The number of carbonyl (C=O) groups is 1. The van der Waals surface area contributed by atoms with Gasteiger partial charge in [0.25, 0.3) is 0 Å². The first-order chi connectivity index (χ1) is 10.6. The molecule has 0 atom stereocenters. The van der Waals surface area contributed by atoms with Gasteiger partial charge in [-0.25, -0.2) is 9.97 Å². The molecule has 2 aromatic rings. The predicted molar refractivity (Wildman–Crippen MR) is 89.4 cm³/mol. The van der Waals surface area contributed by atoms with Crippen molar-refractivity contribution in [1.82, 2.24) is 9.97 Å². The highest BCUT2D eigenvalue weighted by Gasteiger charge is 2.03. The van der Waals surface area contributed by atoms with Crippen LogP contribution in [0.25, 0.3) is 0 Å². The third-order valence-corrected chi connectivity index (χ3v) is 3.13. The van der Waals surface area contributed by atoms with Crippen molar-refractivity contribution in [3.8, 4) is 0 Å². The van der Waals surface area contributed by atoms with Gasteiger partial charge >= 0.3 is 0 Å². The number of aryl methyl sites for hydroxylation is 2. The Morgan fingerprint density at radius 1 is 1.14 bits per heavy atom. The van der Waals surface area contributed by atoms with Gasteiger partial charge in [-0.2, -0.15) is 0 Å². The fraction of sp³-hybridized carbons (Fsp3) is 0.353. The first-order valence-corrected chi connectivity index (χ1v) is 7.56. The fourth-order valence-corrected chi connectivity index (χ4v) is 2.13. The van der Waals surface area contributed by atoms with E-state index in [1.807, 2.05) is 37.3 Å². The van der Waals surface area contributed by atoms with Crippen molar-refractivity contribution in [1.29, 1.82) is 0 Å². The zero-order chi connectivity index (χ0) is 15.9. The van der Waals surface area contributed by atoms with Crippen LogP contribution in [0.5, 0.6) is 0 Å². The van der Waals surface area contributed by atoms with Crippen LogP contribution in [-0.4, -0.2) is 15.9 Å². The van der Waals surface area contributed by atoms with Gasteiger partial charge in [0.05, 0.1) is 0 Å². The SMILES string of the molecule is CCCCc1nc(C)cc(Nc2ccc(NC(C)=O)cc2)n1. The first-order valence-electron chi connectivity index (χ1n) is 7.56. The lowest BCUT2D eigenvalue weighted by atomic mass is 10.2. The van der Waals surface area contributed by atoms with Crippen LogP contribution in [-0.2, 0) is 11.2 Å². The summed E-state index contributed by atoms with van der Waals surface area (Å²) in [7, 11) is 0. The summed E-state index contributed by atoms with van der Waals surface area (Å²) in [4.78, 5) is 20.0. The molecule has 0 fully saturated rings. The molecule has 0 aliphatic heterocycles. The largest absolute Gasteiger partial charge is 0.340 e. The second-order valence-corrected chi connectivity index (χ2v) is 5.30. The van der Waals surface area contributed by atoms with E-state index >= 15 is 0 Å². The lowest BCUT2D eigenvalue weighted by molar-refractivity contribution is -0.114. The summed E-state index contributed by atoms with van der Waals surface area (Å²) in [6, 6.07) is 9.46. The molecule has 0 unspecified atom stereocenters. The molecule has 2 rings (SSSR count). The molecule has 0 saturated carbocycles. The Morgan fingerprint density at radius 2 is 1.82 bits per heavy atom. The molecule has 2 N–H and O–H groups in total. The van der Waals surface area contributed by atoms with Crippen molar-refractivity contribution in [3.05, 3.63) is 41.9 Å². The summed E-state index contributed by atoms with van der Waals surface area (Å²) in [6.07, 6.45) is 3.12. The van der Waals surface area contributed by atoms with Gasteiger partial charge in [0.1, 0.15) is 11.6 Å². The van der Waals surface area contributed by atoms with E-state index in [-0.39, 0.29) is 5.91 Å². The number of nitrogens with one attached hydrogen (secondary N) is 2. The first kappa shape index (κ1) is 15.9. The third kappa shape index (κ3) is 4.84. The van der Waals surface area contributed by atoms with Gasteiger partial charge in [0.2, 0.25) is 5.91 Å². The Hall–Kier alpha value is -2.43. The quantitative estimate of drug-likeness (QED) is 0.850. The highest BCUT2D eigenvalue weighted by Crippen LogP contribution is 2.18. The number of aromatic nitrogens is 2. The molecular weight excluding hydrogens is 276 g/mol. The van der Waals surface area contributed by atoms with Gasteiger partial charge < -0.3 is 10.6 Å². The van der Waals surface area contributed by atoms with E-state index in [0.717, 1.165) is 48.0 Å². The molecule has 5 heteroatoms. The number of amides is 1. The molecule has 5 nitrogen and oxygen atoms in total. The molecule has 116 valence electrons. The minimum atomic E-state index is -0.0762. The third-order valence-electron chi connectivity index (χ3n) is 3.13. The smallest absolute Gasteiger partial charge is 0.221 e. The molecule has 1 heterocycles. The minimum absolute atomic E-state index is 0.0762. The average Bonchev–Trinajstić information content (AvgIpc) is 2.46. The van der Waals surface area contributed by atoms with E-state index in [9.17, 15) is 4.79 Å². The molecule has 1 amide bonds. The van der Waals surface area contributed by atoms with Crippen LogP contribution in [0.3, 0.4) is 0 Å². The Kier molecular flexibility index (Phi) is 5.47. The summed E-state index contributed by atoms with van der Waals surface area (Å²) >= 11 is 0. The van der Waals surface area contributed by atoms with Gasteiger partial charge in [-0.15, -0.1) is 0 Å². The van der Waals surface area contributed by atoms with E-state index in [1.54, 1.807) is 0 Å². The summed E-state index contributed by atoms with van der Waals surface area (Å²) in [5, 5.41) is 6.02. The molecule has 0 aliphatic rings. The number of hydrogen-bond donors (Lipinski definition) is 2. The van der Waals surface area contributed by atoms with Crippen molar-refractivity contribution in [2.45, 2.75) is 40.0 Å². The fourth-order valence-electron chi connectivity index (χ4n) is 2.13. The number of unbranched alkanes of at least 4 members (excludes halogenated alkanes) is 1. The number of nitrogens with zero attached hydrogens (tertiary/aromatic N) is 2. The van der Waals surface area contributed by atoms with Crippen molar-refractivity contribution in [3.63, 3.8) is 0 Å². The van der Waals surface area contributed by atoms with E-state index in [2.05, 4.69) is 27.5 Å². The summed E-state index contributed by atoms with van der Waals surface area (Å²) < 4.78 is 0. The molecule has 1 aromatic heterocycles. The van der Waals surface area contributed by atoms with Crippen LogP contribution in [0.4, 0.5) is 17.2 Å². The Labute approximate surface area is 131 Å². The highest BCUT2D eigenvalue weighted by molar-refractivity contribution is 5.88. The Morgan fingerprint density at radius 3 is 2.45 bits per heavy atom. The van der Waals surface area contributed by atoms with Crippen LogP contribution in [0.1, 0.15) is 38.2 Å². The van der Waals surface area contributed by atoms with E-state index in [1.165, 1.54) is 6.92 Å². The number of hydrogen-bond acceptors (Lipinski definition) is 4. The summed E-state index contributed by atoms with van der Waals surface area (Å²) in [5.41, 5.74) is 2.66. The monoisotopic (exact) mass is 298 g/mol. The number of anilines is 3. The standard InChI is InChI=1S/C17H22N4O/c1-4-5-6-16-18-12(2)11-17(21-16)20-15-9-7-14(8-10-15)19-13(3)22/h7-11H,4-6H2,1-3H3,(H,19,22)(H,18,20,21). The zero-order valence-electron chi connectivity index (χ0n) is 13.3. The van der Waals surface area contributed by atoms with Crippen LogP contribution in [0.2, 0.25) is 0 Å². The second-order valence-electron chi connectivity index (χ2n) is 5.30. The number of carbonyl (C=O) groups excluding carboxylic acids is 1. The lowest BCUT2D eigenvalue weighted by Crippen LogP contribution is -2.05. The molecule has 0 spiro atoms. The highest BCUT2D eigenvalue weighted by atomic mass is 16.1. The average molecular weight is 298 g/mol. The predicted octanol–water partition coefficient (Wildman–Crippen LogP) is 3.83. The molecule has 22 heavy (non-hydrogen) atoms. The Bertz CT molecular complexity index is 638. The van der Waals surface area contributed by atoms with Crippen molar-refractivity contribution >= 4 is 23.1 Å². The number of benzene rings is 1. The molecule has 0 saturated heterocycles. The van der Waals surface area contributed by atoms with E-state index < -0.39 is 0 Å². The second kappa shape index (κ2) is 7.54. The van der Waals surface area contributed by atoms with Crippen LogP contribution in [0, 0.1) is 6.92 Å². The van der Waals surface area contributed by atoms with Gasteiger partial charge in [-0.1, -0.05) is 13.3 Å². The summed E-state index contributed by atoms with van der Waals surface area (Å²) in [5.74, 6) is 1.60. The maximum Gasteiger partial charge on any atom is 0.221 e. The van der Waals surface area contributed by atoms with Gasteiger partial charge in [-0.3, -0.25) is 4.79 Å².